The molecule has 0 aromatic heterocycles. The molecule has 4 atom stereocenters. The molecule has 0 bridgehead atoms. The lowest BCUT2D eigenvalue weighted by molar-refractivity contribution is -0.123. The van der Waals surface area contributed by atoms with E-state index in [4.69, 9.17) is 4.74 Å². The Hall–Kier alpha value is -1.90. The van der Waals surface area contributed by atoms with Crippen LogP contribution in [-0.2, 0) is 16.0 Å². The Kier molecular flexibility index (Phi) is 4.05. The summed E-state index contributed by atoms with van der Waals surface area (Å²) < 4.78 is 5.45. The number of hydrogen-bond acceptors (Lipinski definition) is 3. The van der Waals surface area contributed by atoms with Gasteiger partial charge in [-0.1, -0.05) is 11.6 Å². The molecule has 0 heterocycles. The first-order valence-corrected chi connectivity index (χ1v) is 9.41. The minimum atomic E-state index is -0.00476. The molecule has 0 unspecified atom stereocenters. The number of Topliss-reactive ketones (excluding diaryl/α,β-unsaturated/α-hetero) is 2. The van der Waals surface area contributed by atoms with Crippen LogP contribution in [0.5, 0.6) is 5.75 Å². The van der Waals surface area contributed by atoms with Crippen LogP contribution in [0.3, 0.4) is 0 Å². The van der Waals surface area contributed by atoms with Crippen molar-refractivity contribution in [2.45, 2.75) is 51.9 Å². The molecule has 3 nitrogen and oxygen atoms in total. The van der Waals surface area contributed by atoms with Crippen molar-refractivity contribution < 1.29 is 14.3 Å². The third-order valence-corrected chi connectivity index (χ3v) is 6.80. The van der Waals surface area contributed by atoms with Crippen LogP contribution in [0.2, 0.25) is 0 Å². The molecule has 1 aromatic carbocycles. The van der Waals surface area contributed by atoms with E-state index in [0.29, 0.717) is 11.8 Å². The zero-order chi connectivity index (χ0) is 17.7. The third-order valence-electron chi connectivity index (χ3n) is 6.80. The molecule has 0 aliphatic heterocycles. The number of fused-ring (bicyclic) bond motifs is 5. The van der Waals surface area contributed by atoms with Gasteiger partial charge >= 0.3 is 0 Å². The number of benzene rings is 1. The second-order valence-corrected chi connectivity index (χ2v) is 7.92. The normalized spacial score (nSPS) is 30.4. The molecule has 3 heteroatoms. The zero-order valence-corrected chi connectivity index (χ0v) is 15.3. The largest absolute Gasteiger partial charge is 0.497 e. The van der Waals surface area contributed by atoms with Gasteiger partial charge in [-0.2, -0.15) is 0 Å². The Morgan fingerprint density at radius 3 is 2.60 bits per heavy atom. The highest BCUT2D eigenvalue weighted by Gasteiger charge is 2.49. The average molecular weight is 338 g/mol. The van der Waals surface area contributed by atoms with Gasteiger partial charge in [-0.05, 0) is 92.5 Å². The topological polar surface area (TPSA) is 43.4 Å². The van der Waals surface area contributed by atoms with Crippen LogP contribution < -0.4 is 4.74 Å². The van der Waals surface area contributed by atoms with Crippen molar-refractivity contribution in [3.8, 4) is 5.75 Å². The van der Waals surface area contributed by atoms with Gasteiger partial charge in [0.25, 0.3) is 0 Å². The fourth-order valence-electron chi connectivity index (χ4n) is 5.71. The number of carbonyl (C=O) groups excluding carboxylic acids is 2. The summed E-state index contributed by atoms with van der Waals surface area (Å²) in [4.78, 5) is 24.6. The van der Waals surface area contributed by atoms with E-state index in [-0.39, 0.29) is 23.4 Å². The lowest BCUT2D eigenvalue weighted by Crippen LogP contribution is -2.39. The number of methoxy groups -OCH3 is 1. The van der Waals surface area contributed by atoms with Gasteiger partial charge in [0.1, 0.15) is 11.5 Å². The molecule has 0 amide bonds. The number of ketones is 2. The van der Waals surface area contributed by atoms with E-state index in [0.717, 1.165) is 43.4 Å². The minimum Gasteiger partial charge on any atom is -0.497 e. The van der Waals surface area contributed by atoms with Gasteiger partial charge in [-0.3, -0.25) is 9.59 Å². The molecule has 3 aliphatic rings. The summed E-state index contributed by atoms with van der Waals surface area (Å²) in [6.45, 7) is 3.40. The maximum absolute atomic E-state index is 12.5. The zero-order valence-electron chi connectivity index (χ0n) is 15.3. The van der Waals surface area contributed by atoms with Crippen LogP contribution >= 0.6 is 0 Å². The summed E-state index contributed by atoms with van der Waals surface area (Å²) in [6, 6.07) is 6.35. The summed E-state index contributed by atoms with van der Waals surface area (Å²) in [6.07, 6.45) is 4.92. The number of rotatable bonds is 3. The summed E-state index contributed by atoms with van der Waals surface area (Å²) >= 11 is 0. The molecule has 25 heavy (non-hydrogen) atoms. The van der Waals surface area contributed by atoms with Crippen LogP contribution in [0.4, 0.5) is 0 Å². The van der Waals surface area contributed by atoms with E-state index in [9.17, 15) is 9.59 Å². The number of allylic oxidation sites excluding steroid dienone is 2. The lowest BCUT2D eigenvalue weighted by atomic mass is 9.57. The van der Waals surface area contributed by atoms with Crippen LogP contribution in [0.15, 0.2) is 29.3 Å². The van der Waals surface area contributed by atoms with Crippen molar-refractivity contribution in [3.63, 3.8) is 0 Å². The smallest absolute Gasteiger partial charge is 0.155 e. The van der Waals surface area contributed by atoms with Crippen LogP contribution in [-0.4, -0.2) is 18.7 Å². The average Bonchev–Trinajstić information content (AvgIpc) is 3.04. The Balaban J connectivity index is 1.82. The van der Waals surface area contributed by atoms with E-state index < -0.39 is 0 Å². The molecule has 0 spiro atoms. The molecule has 1 fully saturated rings. The van der Waals surface area contributed by atoms with Gasteiger partial charge in [0.15, 0.2) is 5.78 Å². The van der Waals surface area contributed by atoms with E-state index >= 15 is 0 Å². The van der Waals surface area contributed by atoms with Crippen molar-refractivity contribution in [2.75, 3.05) is 7.11 Å². The number of carbonyl (C=O) groups is 2. The molecule has 0 radical (unpaired) electrons. The van der Waals surface area contributed by atoms with Crippen LogP contribution in [0.1, 0.15) is 56.6 Å². The summed E-state index contributed by atoms with van der Waals surface area (Å²) in [7, 11) is 1.70. The molecule has 0 saturated heterocycles. The Bertz CT molecular complexity index is 773. The van der Waals surface area contributed by atoms with Crippen LogP contribution in [0.25, 0.3) is 0 Å². The molecule has 4 rings (SSSR count). The monoisotopic (exact) mass is 338 g/mol. The first kappa shape index (κ1) is 16.6. The molecular weight excluding hydrogens is 312 g/mol. The fraction of sp³-hybridized carbons (Fsp3) is 0.545. The van der Waals surface area contributed by atoms with Crippen LogP contribution in [0, 0.1) is 17.8 Å². The van der Waals surface area contributed by atoms with Gasteiger partial charge in [0, 0.05) is 5.92 Å². The minimum absolute atomic E-state index is 0.00476. The van der Waals surface area contributed by atoms with Gasteiger partial charge in [0.2, 0.25) is 0 Å². The highest BCUT2D eigenvalue weighted by atomic mass is 16.5. The predicted molar refractivity (Wildman–Crippen MR) is 96.8 cm³/mol. The van der Waals surface area contributed by atoms with Gasteiger partial charge in [0.05, 0.1) is 7.11 Å². The highest BCUT2D eigenvalue weighted by Crippen LogP contribution is 2.57. The van der Waals surface area contributed by atoms with Crippen molar-refractivity contribution >= 4 is 11.6 Å². The van der Waals surface area contributed by atoms with Gasteiger partial charge < -0.3 is 4.74 Å². The number of ether oxygens (including phenoxy) is 1. The van der Waals surface area contributed by atoms with Gasteiger partial charge in [-0.15, -0.1) is 0 Å². The summed E-state index contributed by atoms with van der Waals surface area (Å²) in [5.41, 5.74) is 5.00. The first-order valence-electron chi connectivity index (χ1n) is 9.41. The molecule has 1 aromatic rings. The maximum atomic E-state index is 12.5. The van der Waals surface area contributed by atoms with Crippen molar-refractivity contribution in [1.29, 1.82) is 0 Å². The molecule has 0 N–H and O–H groups in total. The Labute approximate surface area is 149 Å². The lowest BCUT2D eigenvalue weighted by Gasteiger charge is -2.46. The number of aryl methyl sites for hydroxylation is 1. The highest BCUT2D eigenvalue weighted by molar-refractivity contribution is 5.95. The molecule has 132 valence electrons. The van der Waals surface area contributed by atoms with Gasteiger partial charge in [-0.25, -0.2) is 0 Å². The standard InChI is InChI=1S/C22H26O3/c1-12(23)16-8-9-17-18-7-5-14-4-6-15(25-3)10-20(14)22(18)19(13(2)24)11-21(16)17/h4,6,10,17-19,22H,5,7-9,11H2,1-3H3/t17-,18-,19+,22+/m0/s1. The SMILES string of the molecule is COc1ccc2c(c1)[C@@H]1[C@@H](CC2)[C@@H]2CCC(C(C)=O)=C2C[C@@H]1C(C)=O. The van der Waals surface area contributed by atoms with Crippen molar-refractivity contribution in [3.05, 3.63) is 40.5 Å². The van der Waals surface area contributed by atoms with E-state index in [2.05, 4.69) is 12.1 Å². The summed E-state index contributed by atoms with van der Waals surface area (Å²) in [5.74, 6) is 2.57. The predicted octanol–water partition coefficient (Wildman–Crippen LogP) is 4.25. The second kappa shape index (κ2) is 6.12. The maximum Gasteiger partial charge on any atom is 0.155 e. The fourth-order valence-corrected chi connectivity index (χ4v) is 5.71. The van der Waals surface area contributed by atoms with Crippen molar-refractivity contribution in [1.82, 2.24) is 0 Å². The van der Waals surface area contributed by atoms with Crippen molar-refractivity contribution in [2.24, 2.45) is 17.8 Å². The second-order valence-electron chi connectivity index (χ2n) is 7.92. The quantitative estimate of drug-likeness (QED) is 0.828. The first-order chi connectivity index (χ1) is 12.0. The summed E-state index contributed by atoms with van der Waals surface area (Å²) in [5, 5.41) is 0. The van der Waals surface area contributed by atoms with E-state index in [1.54, 1.807) is 21.0 Å². The van der Waals surface area contributed by atoms with E-state index in [1.165, 1.54) is 16.7 Å². The molecular formula is C22H26O3. The Morgan fingerprint density at radius 2 is 1.92 bits per heavy atom. The molecule has 1 saturated carbocycles. The van der Waals surface area contributed by atoms with E-state index in [1.807, 2.05) is 6.07 Å². The Morgan fingerprint density at radius 1 is 1.12 bits per heavy atom. The number of hydrogen-bond donors (Lipinski definition) is 0. The molecule has 3 aliphatic carbocycles. The third kappa shape index (κ3) is 2.56.